The lowest BCUT2D eigenvalue weighted by atomic mass is 9.70. The molecule has 94 valence electrons. The van der Waals surface area contributed by atoms with E-state index < -0.39 is 0 Å². The van der Waals surface area contributed by atoms with Crippen LogP contribution in [0.15, 0.2) is 5.16 Å². The standard InChI is InChI=1S/C13H26N2O/c1-11(14-16)13(5,12(2,3)4)15-9-7-6-8-10-15/h16H,6-10H2,1-5H3/b14-11+. The van der Waals surface area contributed by atoms with Crippen LogP contribution in [0.5, 0.6) is 0 Å². The van der Waals surface area contributed by atoms with Crippen LogP contribution in [0, 0.1) is 5.41 Å². The fourth-order valence-corrected chi connectivity index (χ4v) is 2.68. The van der Waals surface area contributed by atoms with E-state index in [9.17, 15) is 0 Å². The minimum atomic E-state index is -0.151. The monoisotopic (exact) mass is 226 g/mol. The summed E-state index contributed by atoms with van der Waals surface area (Å²) >= 11 is 0. The van der Waals surface area contributed by atoms with Crippen LogP contribution in [0.1, 0.15) is 53.9 Å². The molecule has 0 radical (unpaired) electrons. The van der Waals surface area contributed by atoms with Crippen molar-refractivity contribution in [2.75, 3.05) is 13.1 Å². The summed E-state index contributed by atoms with van der Waals surface area (Å²) in [5, 5.41) is 12.6. The Bertz CT molecular complexity index is 262. The Morgan fingerprint density at radius 3 is 1.94 bits per heavy atom. The molecule has 1 aliphatic heterocycles. The van der Waals surface area contributed by atoms with Gasteiger partial charge in [0.25, 0.3) is 0 Å². The Morgan fingerprint density at radius 1 is 1.06 bits per heavy atom. The molecule has 0 aromatic rings. The van der Waals surface area contributed by atoms with Crippen molar-refractivity contribution >= 4 is 5.71 Å². The van der Waals surface area contributed by atoms with Gasteiger partial charge in [-0.05, 0) is 45.2 Å². The van der Waals surface area contributed by atoms with Crippen LogP contribution in [0.2, 0.25) is 0 Å². The van der Waals surface area contributed by atoms with Gasteiger partial charge in [-0.3, -0.25) is 4.90 Å². The molecular formula is C13H26N2O. The molecule has 1 unspecified atom stereocenters. The van der Waals surface area contributed by atoms with Gasteiger partial charge in [-0.15, -0.1) is 0 Å². The van der Waals surface area contributed by atoms with E-state index in [1.807, 2.05) is 6.92 Å². The van der Waals surface area contributed by atoms with Crippen molar-refractivity contribution in [3.05, 3.63) is 0 Å². The first-order valence-electron chi connectivity index (χ1n) is 6.28. The molecule has 0 bridgehead atoms. The van der Waals surface area contributed by atoms with Crippen LogP contribution < -0.4 is 0 Å². The van der Waals surface area contributed by atoms with Gasteiger partial charge in [0.15, 0.2) is 0 Å². The van der Waals surface area contributed by atoms with Gasteiger partial charge in [0.1, 0.15) is 0 Å². The Morgan fingerprint density at radius 2 is 1.56 bits per heavy atom. The molecule has 0 saturated carbocycles. The molecule has 1 fully saturated rings. The third-order valence-corrected chi connectivity index (χ3v) is 4.30. The van der Waals surface area contributed by atoms with Crippen molar-refractivity contribution in [2.45, 2.75) is 59.4 Å². The molecule has 3 heteroatoms. The van der Waals surface area contributed by atoms with Crippen LogP contribution in [0.25, 0.3) is 0 Å². The molecule has 0 aromatic heterocycles. The lowest BCUT2D eigenvalue weighted by molar-refractivity contribution is 0.0444. The first-order valence-corrected chi connectivity index (χ1v) is 6.28. The maximum atomic E-state index is 9.13. The topological polar surface area (TPSA) is 35.8 Å². The fourth-order valence-electron chi connectivity index (χ4n) is 2.68. The second kappa shape index (κ2) is 4.74. The van der Waals surface area contributed by atoms with Gasteiger partial charge in [-0.1, -0.05) is 32.3 Å². The first-order chi connectivity index (χ1) is 7.34. The Kier molecular flexibility index (Phi) is 4.00. The summed E-state index contributed by atoms with van der Waals surface area (Å²) in [6.07, 6.45) is 3.83. The van der Waals surface area contributed by atoms with Gasteiger partial charge < -0.3 is 5.21 Å². The van der Waals surface area contributed by atoms with Crippen LogP contribution in [0.3, 0.4) is 0 Å². The number of hydrogen-bond acceptors (Lipinski definition) is 3. The van der Waals surface area contributed by atoms with E-state index in [4.69, 9.17) is 5.21 Å². The SMILES string of the molecule is C/C(=N\O)C(C)(N1CCCCC1)C(C)(C)C. The van der Waals surface area contributed by atoms with E-state index in [2.05, 4.69) is 37.8 Å². The Balaban J connectivity index is 3.03. The smallest absolute Gasteiger partial charge is 0.0745 e. The average Bonchev–Trinajstić information content (AvgIpc) is 2.26. The molecule has 1 saturated heterocycles. The van der Waals surface area contributed by atoms with Gasteiger partial charge in [-0.2, -0.15) is 0 Å². The number of nitrogens with zero attached hydrogens (tertiary/aromatic N) is 2. The number of piperidine rings is 1. The zero-order valence-corrected chi connectivity index (χ0v) is 11.4. The van der Waals surface area contributed by atoms with E-state index in [-0.39, 0.29) is 11.0 Å². The third-order valence-electron chi connectivity index (χ3n) is 4.30. The molecule has 1 atom stereocenters. The minimum Gasteiger partial charge on any atom is -0.411 e. The predicted molar refractivity (Wildman–Crippen MR) is 68.2 cm³/mol. The molecular weight excluding hydrogens is 200 g/mol. The first kappa shape index (κ1) is 13.5. The van der Waals surface area contributed by atoms with Gasteiger partial charge >= 0.3 is 0 Å². The fraction of sp³-hybridized carbons (Fsp3) is 0.923. The number of rotatable bonds is 2. The normalized spacial score (nSPS) is 24.2. The molecule has 0 spiro atoms. The van der Waals surface area contributed by atoms with Crippen LogP contribution in [-0.4, -0.2) is 34.4 Å². The zero-order chi connectivity index (χ0) is 12.4. The van der Waals surface area contributed by atoms with E-state index in [1.165, 1.54) is 19.3 Å². The van der Waals surface area contributed by atoms with E-state index >= 15 is 0 Å². The van der Waals surface area contributed by atoms with E-state index in [0.717, 1.165) is 18.8 Å². The highest BCUT2D eigenvalue weighted by molar-refractivity contribution is 5.91. The average molecular weight is 226 g/mol. The summed E-state index contributed by atoms with van der Waals surface area (Å²) in [5.41, 5.74) is 0.741. The van der Waals surface area contributed by atoms with Gasteiger partial charge in [0, 0.05) is 0 Å². The zero-order valence-electron chi connectivity index (χ0n) is 11.4. The second-order valence-electron chi connectivity index (χ2n) is 6.06. The maximum absolute atomic E-state index is 9.13. The third kappa shape index (κ3) is 2.24. The Hall–Kier alpha value is -0.570. The van der Waals surface area contributed by atoms with Crippen molar-refractivity contribution in [1.82, 2.24) is 4.90 Å². The van der Waals surface area contributed by atoms with Gasteiger partial charge in [-0.25, -0.2) is 0 Å². The maximum Gasteiger partial charge on any atom is 0.0745 e. The minimum absolute atomic E-state index is 0.0701. The van der Waals surface area contributed by atoms with E-state index in [1.54, 1.807) is 0 Å². The number of hydrogen-bond donors (Lipinski definition) is 1. The summed E-state index contributed by atoms with van der Waals surface area (Å²) in [4.78, 5) is 2.48. The highest BCUT2D eigenvalue weighted by atomic mass is 16.4. The lowest BCUT2D eigenvalue weighted by Gasteiger charge is -2.51. The Labute approximate surface area is 99.5 Å². The molecule has 1 heterocycles. The van der Waals surface area contributed by atoms with Gasteiger partial charge in [0.05, 0.1) is 11.3 Å². The molecule has 1 rings (SSSR count). The van der Waals surface area contributed by atoms with Gasteiger partial charge in [0.2, 0.25) is 0 Å². The summed E-state index contributed by atoms with van der Waals surface area (Å²) in [6, 6.07) is 0. The van der Waals surface area contributed by atoms with Crippen LogP contribution >= 0.6 is 0 Å². The van der Waals surface area contributed by atoms with E-state index in [0.29, 0.717) is 0 Å². The molecule has 16 heavy (non-hydrogen) atoms. The summed E-state index contributed by atoms with van der Waals surface area (Å²) < 4.78 is 0. The summed E-state index contributed by atoms with van der Waals surface area (Å²) in [7, 11) is 0. The van der Waals surface area contributed by atoms with Crippen molar-refractivity contribution in [1.29, 1.82) is 0 Å². The summed E-state index contributed by atoms with van der Waals surface area (Å²) in [6.45, 7) is 13.0. The predicted octanol–water partition coefficient (Wildman–Crippen LogP) is 3.13. The lowest BCUT2D eigenvalue weighted by Crippen LogP contribution is -2.60. The number of oxime groups is 1. The molecule has 1 aliphatic rings. The highest BCUT2D eigenvalue weighted by Gasteiger charge is 2.45. The molecule has 0 amide bonds. The van der Waals surface area contributed by atoms with Crippen molar-refractivity contribution in [3.63, 3.8) is 0 Å². The van der Waals surface area contributed by atoms with Crippen LogP contribution in [-0.2, 0) is 0 Å². The van der Waals surface area contributed by atoms with Crippen molar-refractivity contribution < 1.29 is 5.21 Å². The molecule has 3 nitrogen and oxygen atoms in total. The quantitative estimate of drug-likeness (QED) is 0.446. The summed E-state index contributed by atoms with van der Waals surface area (Å²) in [5.74, 6) is 0. The largest absolute Gasteiger partial charge is 0.411 e. The van der Waals surface area contributed by atoms with Crippen LogP contribution in [0.4, 0.5) is 0 Å². The highest BCUT2D eigenvalue weighted by Crippen LogP contribution is 2.38. The molecule has 1 N–H and O–H groups in total. The number of likely N-dealkylation sites (tertiary alicyclic amines) is 1. The molecule has 0 aromatic carbocycles. The van der Waals surface area contributed by atoms with Crippen molar-refractivity contribution in [2.24, 2.45) is 10.6 Å². The second-order valence-corrected chi connectivity index (χ2v) is 6.06. The van der Waals surface area contributed by atoms with Crippen molar-refractivity contribution in [3.8, 4) is 0 Å². The molecule has 0 aliphatic carbocycles.